The van der Waals surface area contributed by atoms with Gasteiger partial charge in [0, 0.05) is 17.8 Å². The zero-order valence-corrected chi connectivity index (χ0v) is 16.3. The van der Waals surface area contributed by atoms with E-state index in [9.17, 15) is 9.59 Å². The van der Waals surface area contributed by atoms with Crippen molar-refractivity contribution in [3.63, 3.8) is 0 Å². The Kier molecular flexibility index (Phi) is 4.67. The van der Waals surface area contributed by atoms with E-state index in [0.29, 0.717) is 39.7 Å². The summed E-state index contributed by atoms with van der Waals surface area (Å²) in [6.07, 6.45) is 0. The number of benzene rings is 2. The van der Waals surface area contributed by atoms with Gasteiger partial charge >= 0.3 is 0 Å². The molecule has 4 rings (SSSR count). The lowest BCUT2D eigenvalue weighted by molar-refractivity contribution is -0.116. The Morgan fingerprint density at radius 1 is 1.10 bits per heavy atom. The van der Waals surface area contributed by atoms with Crippen LogP contribution in [-0.2, 0) is 11.3 Å². The van der Waals surface area contributed by atoms with Gasteiger partial charge in [0.05, 0.1) is 30.9 Å². The third-order valence-electron chi connectivity index (χ3n) is 4.75. The van der Waals surface area contributed by atoms with Crippen LogP contribution in [0.2, 0.25) is 0 Å². The maximum absolute atomic E-state index is 12.8. The molecule has 0 radical (unpaired) electrons. The van der Waals surface area contributed by atoms with Crippen LogP contribution in [0.4, 0.5) is 5.69 Å². The number of fused-ring (bicyclic) bond motifs is 3. The Balaban J connectivity index is 1.73. The standard InChI is InChI=1S/C21H20N4O4/c1-13-10-20(27)25-17-7-5-4-6-15(17)23-21(25)24(13)12-19(26)22-16-11-14(28-2)8-9-18(16)29-3/h4-11H,12H2,1-3H3,(H,22,26). The molecule has 0 fully saturated rings. The van der Waals surface area contributed by atoms with Crippen LogP contribution < -0.4 is 20.3 Å². The molecule has 0 saturated carbocycles. The number of nitrogens with one attached hydrogen (secondary N) is 1. The number of imidazole rings is 1. The number of ether oxygens (including phenoxy) is 2. The number of aromatic nitrogens is 3. The van der Waals surface area contributed by atoms with E-state index in [1.54, 1.807) is 36.8 Å². The Hall–Kier alpha value is -3.81. The predicted octanol–water partition coefficient (Wildman–Crippen LogP) is 2.61. The molecule has 8 nitrogen and oxygen atoms in total. The molecule has 148 valence electrons. The van der Waals surface area contributed by atoms with E-state index in [-0.39, 0.29) is 18.0 Å². The second-order valence-electron chi connectivity index (χ2n) is 6.56. The number of amides is 1. The fourth-order valence-electron chi connectivity index (χ4n) is 3.33. The topological polar surface area (TPSA) is 86.9 Å². The molecular formula is C21H20N4O4. The van der Waals surface area contributed by atoms with Crippen molar-refractivity contribution in [2.45, 2.75) is 13.5 Å². The molecule has 0 atom stereocenters. The van der Waals surface area contributed by atoms with E-state index in [2.05, 4.69) is 10.3 Å². The van der Waals surface area contributed by atoms with Crippen LogP contribution in [0.1, 0.15) is 5.69 Å². The van der Waals surface area contributed by atoms with Crippen LogP contribution in [0, 0.1) is 6.92 Å². The van der Waals surface area contributed by atoms with Crippen LogP contribution in [-0.4, -0.2) is 34.1 Å². The first-order valence-corrected chi connectivity index (χ1v) is 9.01. The molecule has 1 amide bonds. The number of aryl methyl sites for hydroxylation is 1. The van der Waals surface area contributed by atoms with Crippen molar-refractivity contribution in [3.8, 4) is 11.5 Å². The van der Waals surface area contributed by atoms with Crippen LogP contribution in [0.3, 0.4) is 0 Å². The Bertz CT molecular complexity index is 1290. The Morgan fingerprint density at radius 2 is 1.90 bits per heavy atom. The molecule has 2 heterocycles. The van der Waals surface area contributed by atoms with Gasteiger partial charge in [0.2, 0.25) is 11.7 Å². The molecule has 2 aromatic carbocycles. The maximum atomic E-state index is 12.8. The van der Waals surface area contributed by atoms with Crippen LogP contribution >= 0.6 is 0 Å². The predicted molar refractivity (Wildman–Crippen MR) is 110 cm³/mol. The number of anilines is 1. The van der Waals surface area contributed by atoms with Crippen LogP contribution in [0.15, 0.2) is 53.3 Å². The number of nitrogens with zero attached hydrogens (tertiary/aromatic N) is 3. The van der Waals surface area contributed by atoms with E-state index in [4.69, 9.17) is 9.47 Å². The second kappa shape index (κ2) is 7.31. The van der Waals surface area contributed by atoms with E-state index >= 15 is 0 Å². The van der Waals surface area contributed by atoms with Gasteiger partial charge < -0.3 is 19.4 Å². The lowest BCUT2D eigenvalue weighted by atomic mass is 10.2. The van der Waals surface area contributed by atoms with Crippen molar-refractivity contribution >= 4 is 28.4 Å². The van der Waals surface area contributed by atoms with Gasteiger partial charge in [-0.1, -0.05) is 12.1 Å². The second-order valence-corrected chi connectivity index (χ2v) is 6.56. The van der Waals surface area contributed by atoms with Gasteiger partial charge in [0.1, 0.15) is 18.0 Å². The van der Waals surface area contributed by atoms with E-state index in [1.807, 2.05) is 24.3 Å². The molecule has 8 heteroatoms. The molecule has 0 bridgehead atoms. The summed E-state index contributed by atoms with van der Waals surface area (Å²) in [4.78, 5) is 29.9. The number of para-hydroxylation sites is 2. The van der Waals surface area contributed by atoms with Crippen LogP contribution in [0.25, 0.3) is 16.8 Å². The molecule has 0 spiro atoms. The molecule has 0 saturated heterocycles. The van der Waals surface area contributed by atoms with Gasteiger partial charge in [-0.2, -0.15) is 0 Å². The summed E-state index contributed by atoms with van der Waals surface area (Å²) in [5.41, 5.74) is 2.36. The number of carbonyl (C=O) groups is 1. The monoisotopic (exact) mass is 392 g/mol. The van der Waals surface area contributed by atoms with Crippen molar-refractivity contribution in [2.75, 3.05) is 19.5 Å². The van der Waals surface area contributed by atoms with Gasteiger partial charge in [0.15, 0.2) is 0 Å². The van der Waals surface area contributed by atoms with E-state index < -0.39 is 0 Å². The molecule has 2 aromatic heterocycles. The number of hydrogen-bond donors (Lipinski definition) is 1. The highest BCUT2D eigenvalue weighted by Gasteiger charge is 2.16. The molecular weight excluding hydrogens is 372 g/mol. The number of hydrogen-bond acceptors (Lipinski definition) is 5. The molecule has 0 aliphatic carbocycles. The van der Waals surface area contributed by atoms with E-state index in [0.717, 1.165) is 0 Å². The lowest BCUT2D eigenvalue weighted by Crippen LogP contribution is -2.25. The Morgan fingerprint density at radius 3 is 2.66 bits per heavy atom. The highest BCUT2D eigenvalue weighted by atomic mass is 16.5. The minimum absolute atomic E-state index is 0.0146. The zero-order valence-electron chi connectivity index (χ0n) is 16.3. The summed E-state index contributed by atoms with van der Waals surface area (Å²) in [7, 11) is 3.08. The normalized spacial score (nSPS) is 11.0. The molecule has 4 aromatic rings. The van der Waals surface area contributed by atoms with Gasteiger partial charge in [-0.3, -0.25) is 9.59 Å². The first-order chi connectivity index (χ1) is 14.0. The summed E-state index contributed by atoms with van der Waals surface area (Å²) in [5, 5.41) is 2.85. The third-order valence-corrected chi connectivity index (χ3v) is 4.75. The first-order valence-electron chi connectivity index (χ1n) is 9.01. The molecule has 1 N–H and O–H groups in total. The van der Waals surface area contributed by atoms with Crippen molar-refractivity contribution in [3.05, 3.63) is 64.6 Å². The van der Waals surface area contributed by atoms with Crippen molar-refractivity contribution in [2.24, 2.45) is 0 Å². The number of rotatable bonds is 5. The van der Waals surface area contributed by atoms with Crippen molar-refractivity contribution < 1.29 is 14.3 Å². The summed E-state index contributed by atoms with van der Waals surface area (Å²) >= 11 is 0. The van der Waals surface area contributed by atoms with Gasteiger partial charge in [-0.15, -0.1) is 0 Å². The smallest absolute Gasteiger partial charge is 0.259 e. The average Bonchev–Trinajstić information content (AvgIpc) is 3.11. The highest BCUT2D eigenvalue weighted by molar-refractivity contribution is 5.93. The average molecular weight is 392 g/mol. The number of carbonyl (C=O) groups excluding carboxylic acids is 1. The summed E-state index contributed by atoms with van der Waals surface area (Å²) < 4.78 is 13.8. The molecule has 0 unspecified atom stereocenters. The fourth-order valence-corrected chi connectivity index (χ4v) is 3.33. The summed E-state index contributed by atoms with van der Waals surface area (Å²) in [6.45, 7) is 1.76. The first kappa shape index (κ1) is 18.5. The largest absolute Gasteiger partial charge is 0.497 e. The lowest BCUT2D eigenvalue weighted by Gasteiger charge is -2.14. The van der Waals surface area contributed by atoms with Gasteiger partial charge in [-0.05, 0) is 31.2 Å². The molecule has 0 aliphatic heterocycles. The van der Waals surface area contributed by atoms with Crippen molar-refractivity contribution in [1.82, 2.24) is 14.0 Å². The van der Waals surface area contributed by atoms with E-state index in [1.165, 1.54) is 17.6 Å². The molecule has 0 aliphatic rings. The van der Waals surface area contributed by atoms with Gasteiger partial charge in [0.25, 0.3) is 5.56 Å². The Labute approximate surface area is 166 Å². The van der Waals surface area contributed by atoms with Crippen LogP contribution in [0.5, 0.6) is 11.5 Å². The third kappa shape index (κ3) is 3.29. The highest BCUT2D eigenvalue weighted by Crippen LogP contribution is 2.29. The summed E-state index contributed by atoms with van der Waals surface area (Å²) in [5.74, 6) is 1.26. The zero-order chi connectivity index (χ0) is 20.5. The SMILES string of the molecule is COc1ccc(OC)c(NC(=O)Cn2c(C)cc(=O)n3c4ccccc4nc23)c1. The minimum Gasteiger partial charge on any atom is -0.497 e. The maximum Gasteiger partial charge on any atom is 0.259 e. The number of methoxy groups -OCH3 is 2. The minimum atomic E-state index is -0.280. The fraction of sp³-hybridized carbons (Fsp3) is 0.190. The van der Waals surface area contributed by atoms with Gasteiger partial charge in [-0.25, -0.2) is 9.38 Å². The quantitative estimate of drug-likeness (QED) is 0.564. The van der Waals surface area contributed by atoms with Crippen molar-refractivity contribution in [1.29, 1.82) is 0 Å². The molecule has 29 heavy (non-hydrogen) atoms. The summed E-state index contributed by atoms with van der Waals surface area (Å²) in [6, 6.07) is 14.0.